The molecular weight excluding hydrogens is 332 g/mol. The Morgan fingerprint density at radius 3 is 2.50 bits per heavy atom. The molecule has 0 amide bonds. The Kier molecular flexibility index (Phi) is 4.63. The van der Waals surface area contributed by atoms with Crippen LogP contribution in [0.15, 0.2) is 41.8 Å². The van der Waals surface area contributed by atoms with Gasteiger partial charge in [0, 0.05) is 19.6 Å². The Morgan fingerprint density at radius 1 is 1.21 bits per heavy atom. The van der Waals surface area contributed by atoms with Gasteiger partial charge in [-0.2, -0.15) is 4.31 Å². The molecule has 0 spiro atoms. The van der Waals surface area contributed by atoms with Gasteiger partial charge in [0.15, 0.2) is 0 Å². The Balaban J connectivity index is 1.68. The number of aromatic nitrogens is 3. The van der Waals surface area contributed by atoms with E-state index in [9.17, 15) is 13.2 Å². The van der Waals surface area contributed by atoms with Gasteiger partial charge in [-0.1, -0.05) is 6.07 Å². The van der Waals surface area contributed by atoms with Gasteiger partial charge in [0.25, 0.3) is 0 Å². The van der Waals surface area contributed by atoms with Gasteiger partial charge in [0.2, 0.25) is 10.0 Å². The first-order valence-electron chi connectivity index (χ1n) is 7.63. The summed E-state index contributed by atoms with van der Waals surface area (Å²) in [5.41, 5.74) is -0.0291. The highest BCUT2D eigenvalue weighted by atomic mass is 32.2. The molecule has 0 aliphatic carbocycles. The molecule has 0 unspecified atom stereocenters. The number of hydrogen-bond donors (Lipinski definition) is 1. The fraction of sp³-hybridized carbons (Fsp3) is 0.400. The standard InChI is InChI=1S/C15H18N4O4S/c20-15(21)13-2-1-3-14(8-13)24(22,23)19-6-4-12(5-7-19)9-18-10-16-17-11-18/h1-3,8,10-12H,4-7,9H2,(H,20,21). The molecule has 0 saturated carbocycles. The van der Waals surface area contributed by atoms with E-state index in [0.29, 0.717) is 19.0 Å². The van der Waals surface area contributed by atoms with Crippen LogP contribution < -0.4 is 0 Å². The lowest BCUT2D eigenvalue weighted by molar-refractivity contribution is 0.0696. The van der Waals surface area contributed by atoms with E-state index < -0.39 is 16.0 Å². The summed E-state index contributed by atoms with van der Waals surface area (Å²) in [6.45, 7) is 1.62. The van der Waals surface area contributed by atoms with E-state index in [1.807, 2.05) is 4.57 Å². The molecule has 1 N–H and O–H groups in total. The van der Waals surface area contributed by atoms with Crippen LogP contribution in [-0.2, 0) is 16.6 Å². The number of sulfonamides is 1. The van der Waals surface area contributed by atoms with Crippen LogP contribution in [0.3, 0.4) is 0 Å². The third-order valence-electron chi connectivity index (χ3n) is 4.23. The van der Waals surface area contributed by atoms with Crippen LogP contribution in [0.25, 0.3) is 0 Å². The maximum Gasteiger partial charge on any atom is 0.335 e. The van der Waals surface area contributed by atoms with Gasteiger partial charge in [0.05, 0.1) is 10.5 Å². The number of aromatic carboxylic acids is 1. The van der Waals surface area contributed by atoms with Gasteiger partial charge >= 0.3 is 5.97 Å². The highest BCUT2D eigenvalue weighted by molar-refractivity contribution is 7.89. The molecular formula is C15H18N4O4S. The zero-order chi connectivity index (χ0) is 17.2. The first kappa shape index (κ1) is 16.6. The fourth-order valence-electron chi connectivity index (χ4n) is 2.89. The second kappa shape index (κ2) is 6.70. The second-order valence-corrected chi connectivity index (χ2v) is 7.78. The van der Waals surface area contributed by atoms with Crippen molar-refractivity contribution in [2.45, 2.75) is 24.3 Å². The smallest absolute Gasteiger partial charge is 0.335 e. The van der Waals surface area contributed by atoms with Gasteiger partial charge in [-0.3, -0.25) is 0 Å². The first-order chi connectivity index (χ1) is 11.5. The molecule has 1 aliphatic rings. The first-order valence-corrected chi connectivity index (χ1v) is 9.07. The van der Waals surface area contributed by atoms with Crippen LogP contribution in [0, 0.1) is 5.92 Å². The van der Waals surface area contributed by atoms with Gasteiger partial charge in [-0.15, -0.1) is 10.2 Å². The van der Waals surface area contributed by atoms with Crippen LogP contribution in [0.4, 0.5) is 0 Å². The predicted molar refractivity (Wildman–Crippen MR) is 84.9 cm³/mol. The van der Waals surface area contributed by atoms with Crippen molar-refractivity contribution in [3.63, 3.8) is 0 Å². The molecule has 0 atom stereocenters. The van der Waals surface area contributed by atoms with Crippen molar-refractivity contribution in [1.82, 2.24) is 19.1 Å². The zero-order valence-electron chi connectivity index (χ0n) is 12.9. The number of carboxylic acids is 1. The Labute approximate surface area is 139 Å². The fourth-order valence-corrected chi connectivity index (χ4v) is 4.40. The second-order valence-electron chi connectivity index (χ2n) is 5.84. The molecule has 24 heavy (non-hydrogen) atoms. The van der Waals surface area contributed by atoms with Crippen LogP contribution in [0.1, 0.15) is 23.2 Å². The molecule has 1 aromatic carbocycles. The van der Waals surface area contributed by atoms with E-state index in [2.05, 4.69) is 10.2 Å². The summed E-state index contributed by atoms with van der Waals surface area (Å²) in [6, 6.07) is 5.48. The number of hydrogen-bond acceptors (Lipinski definition) is 5. The molecule has 9 heteroatoms. The largest absolute Gasteiger partial charge is 0.478 e. The maximum absolute atomic E-state index is 12.7. The Morgan fingerprint density at radius 2 is 1.88 bits per heavy atom. The van der Waals surface area contributed by atoms with E-state index in [0.717, 1.165) is 19.4 Å². The van der Waals surface area contributed by atoms with E-state index in [1.54, 1.807) is 12.7 Å². The number of piperidine rings is 1. The summed E-state index contributed by atoms with van der Waals surface area (Å²) in [5, 5.41) is 16.5. The van der Waals surface area contributed by atoms with Gasteiger partial charge < -0.3 is 9.67 Å². The summed E-state index contributed by atoms with van der Waals surface area (Å²) in [6.07, 6.45) is 4.80. The van der Waals surface area contributed by atoms with E-state index in [-0.39, 0.29) is 10.5 Å². The molecule has 0 bridgehead atoms. The SMILES string of the molecule is O=C(O)c1cccc(S(=O)(=O)N2CCC(Cn3cnnc3)CC2)c1. The zero-order valence-corrected chi connectivity index (χ0v) is 13.8. The number of carbonyl (C=O) groups is 1. The third kappa shape index (κ3) is 3.46. The molecule has 1 aliphatic heterocycles. The molecule has 1 fully saturated rings. The van der Waals surface area contributed by atoms with Gasteiger partial charge in [-0.05, 0) is 37.0 Å². The van der Waals surface area contributed by atoms with E-state index in [4.69, 9.17) is 5.11 Å². The lowest BCUT2D eigenvalue weighted by Gasteiger charge is -2.31. The van der Waals surface area contributed by atoms with Crippen LogP contribution in [0.5, 0.6) is 0 Å². The molecule has 1 aromatic heterocycles. The summed E-state index contributed by atoms with van der Waals surface area (Å²) < 4.78 is 28.7. The van der Waals surface area contributed by atoms with Crippen molar-refractivity contribution < 1.29 is 18.3 Å². The molecule has 2 heterocycles. The number of benzene rings is 1. The Bertz CT molecular complexity index is 812. The van der Waals surface area contributed by atoms with Crippen LogP contribution in [0.2, 0.25) is 0 Å². The Hall–Kier alpha value is -2.26. The molecule has 128 valence electrons. The summed E-state index contributed by atoms with van der Waals surface area (Å²) in [4.78, 5) is 11.1. The van der Waals surface area contributed by atoms with Crippen molar-refractivity contribution in [3.05, 3.63) is 42.5 Å². The number of carboxylic acid groups (broad SMARTS) is 1. The molecule has 2 aromatic rings. The lowest BCUT2D eigenvalue weighted by atomic mass is 9.98. The minimum Gasteiger partial charge on any atom is -0.478 e. The van der Waals surface area contributed by atoms with Crippen molar-refractivity contribution in [2.75, 3.05) is 13.1 Å². The number of nitrogens with zero attached hydrogens (tertiary/aromatic N) is 4. The monoisotopic (exact) mass is 350 g/mol. The lowest BCUT2D eigenvalue weighted by Crippen LogP contribution is -2.39. The number of rotatable bonds is 5. The van der Waals surface area contributed by atoms with Gasteiger partial charge in [-0.25, -0.2) is 13.2 Å². The van der Waals surface area contributed by atoms with Crippen LogP contribution >= 0.6 is 0 Å². The summed E-state index contributed by atoms with van der Waals surface area (Å²) in [5.74, 6) is -0.766. The quantitative estimate of drug-likeness (QED) is 0.865. The third-order valence-corrected chi connectivity index (χ3v) is 6.12. The average Bonchev–Trinajstić information content (AvgIpc) is 3.08. The molecule has 8 nitrogen and oxygen atoms in total. The topological polar surface area (TPSA) is 105 Å². The average molecular weight is 350 g/mol. The maximum atomic E-state index is 12.7. The summed E-state index contributed by atoms with van der Waals surface area (Å²) >= 11 is 0. The highest BCUT2D eigenvalue weighted by Gasteiger charge is 2.29. The normalized spacial score (nSPS) is 17.0. The minimum absolute atomic E-state index is 0.0275. The van der Waals surface area contributed by atoms with Crippen molar-refractivity contribution in [1.29, 1.82) is 0 Å². The van der Waals surface area contributed by atoms with E-state index in [1.165, 1.54) is 28.6 Å². The van der Waals surface area contributed by atoms with Crippen LogP contribution in [-0.4, -0.2) is 51.7 Å². The van der Waals surface area contributed by atoms with Gasteiger partial charge in [0.1, 0.15) is 12.7 Å². The molecule has 0 radical (unpaired) electrons. The minimum atomic E-state index is -3.66. The van der Waals surface area contributed by atoms with E-state index >= 15 is 0 Å². The van der Waals surface area contributed by atoms with Crippen molar-refractivity contribution in [3.8, 4) is 0 Å². The summed E-state index contributed by atoms with van der Waals surface area (Å²) in [7, 11) is -3.66. The predicted octanol–water partition coefficient (Wildman–Crippen LogP) is 1.08. The van der Waals surface area contributed by atoms with Crippen molar-refractivity contribution >= 4 is 16.0 Å². The van der Waals surface area contributed by atoms with Crippen molar-refractivity contribution in [2.24, 2.45) is 5.92 Å². The molecule has 3 rings (SSSR count). The highest BCUT2D eigenvalue weighted by Crippen LogP contribution is 2.25. The molecule has 1 saturated heterocycles.